The lowest BCUT2D eigenvalue weighted by molar-refractivity contribution is 0.0834. The summed E-state index contributed by atoms with van der Waals surface area (Å²) in [5.74, 6) is -0.0709. The molecule has 1 aliphatic heterocycles. The Morgan fingerprint density at radius 2 is 1.80 bits per heavy atom. The van der Waals surface area contributed by atoms with E-state index in [4.69, 9.17) is 0 Å². The van der Waals surface area contributed by atoms with E-state index < -0.39 is 0 Å². The second-order valence-electron chi connectivity index (χ2n) is 6.58. The Bertz CT molecular complexity index is 437. The summed E-state index contributed by atoms with van der Waals surface area (Å²) in [5, 5.41) is 3.36. The van der Waals surface area contributed by atoms with Crippen molar-refractivity contribution < 1.29 is 4.39 Å². The minimum atomic E-state index is -0.0709. The van der Waals surface area contributed by atoms with Crippen molar-refractivity contribution in [3.8, 4) is 0 Å². The van der Waals surface area contributed by atoms with Gasteiger partial charge in [0.15, 0.2) is 0 Å². The van der Waals surface area contributed by atoms with E-state index in [1.807, 2.05) is 19.1 Å². The molecule has 4 heteroatoms. The number of aryl methyl sites for hydroxylation is 1. The zero-order valence-corrected chi connectivity index (χ0v) is 13.7. The van der Waals surface area contributed by atoms with Gasteiger partial charge in [-0.05, 0) is 24.0 Å². The van der Waals surface area contributed by atoms with Crippen LogP contribution in [0, 0.1) is 18.2 Å². The zero-order chi connectivity index (χ0) is 14.0. The number of rotatable bonds is 2. The minimum Gasteiger partial charge on any atom is -0.314 e. The van der Waals surface area contributed by atoms with Crippen molar-refractivity contribution in [1.29, 1.82) is 0 Å². The van der Waals surface area contributed by atoms with Crippen molar-refractivity contribution in [3.05, 3.63) is 35.1 Å². The normalized spacial score (nSPS) is 18.4. The Labute approximate surface area is 128 Å². The van der Waals surface area contributed by atoms with Crippen molar-refractivity contribution in [2.45, 2.75) is 33.7 Å². The molecule has 1 saturated heterocycles. The average Bonchev–Trinajstić information content (AvgIpc) is 2.32. The predicted octanol–water partition coefficient (Wildman–Crippen LogP) is 3.55. The van der Waals surface area contributed by atoms with Gasteiger partial charge in [0.25, 0.3) is 0 Å². The molecule has 1 aromatic rings. The van der Waals surface area contributed by atoms with Gasteiger partial charge in [-0.25, -0.2) is 4.39 Å². The van der Waals surface area contributed by atoms with Crippen molar-refractivity contribution in [2.75, 3.05) is 26.2 Å². The van der Waals surface area contributed by atoms with Gasteiger partial charge in [0.1, 0.15) is 5.82 Å². The molecule has 20 heavy (non-hydrogen) atoms. The van der Waals surface area contributed by atoms with Crippen LogP contribution in [0.5, 0.6) is 0 Å². The molecule has 1 aliphatic rings. The Balaban J connectivity index is 0.00000200. The number of hydrogen-bond acceptors (Lipinski definition) is 2. The van der Waals surface area contributed by atoms with Gasteiger partial charge in [0, 0.05) is 37.8 Å². The highest BCUT2D eigenvalue weighted by molar-refractivity contribution is 5.85. The molecule has 0 bridgehead atoms. The molecule has 1 N–H and O–H groups in total. The molecule has 1 fully saturated rings. The first kappa shape index (κ1) is 17.4. The molecule has 0 aromatic heterocycles. The van der Waals surface area contributed by atoms with E-state index in [1.54, 1.807) is 6.07 Å². The molecule has 2 rings (SSSR count). The van der Waals surface area contributed by atoms with Crippen molar-refractivity contribution >= 4 is 12.4 Å². The van der Waals surface area contributed by atoms with Gasteiger partial charge in [-0.3, -0.25) is 4.90 Å². The maximum absolute atomic E-state index is 14.3. The van der Waals surface area contributed by atoms with Crippen LogP contribution in [-0.4, -0.2) is 31.1 Å². The predicted molar refractivity (Wildman–Crippen MR) is 85.0 cm³/mol. The van der Waals surface area contributed by atoms with Crippen LogP contribution in [0.15, 0.2) is 18.2 Å². The molecule has 1 atom stereocenters. The topological polar surface area (TPSA) is 15.3 Å². The maximum atomic E-state index is 14.3. The second kappa shape index (κ2) is 6.88. The summed E-state index contributed by atoms with van der Waals surface area (Å²) in [6.45, 7) is 12.4. The number of halogens is 2. The van der Waals surface area contributed by atoms with E-state index in [1.165, 1.54) is 0 Å². The first-order valence-electron chi connectivity index (χ1n) is 7.10. The fourth-order valence-electron chi connectivity index (χ4n) is 3.01. The molecular formula is C16H26ClFN2. The fraction of sp³-hybridized carbons (Fsp3) is 0.625. The standard InChI is InChI=1S/C16H25FN2.ClH/c1-12-5-6-13(14(17)11-12)15(16(2,3)4)19-9-7-18-8-10-19;/h5-6,11,15,18H,7-10H2,1-4H3;1H/t15-;/m1./s1. The quantitative estimate of drug-likeness (QED) is 0.898. The number of hydrogen-bond donors (Lipinski definition) is 1. The first-order chi connectivity index (χ1) is 8.89. The summed E-state index contributed by atoms with van der Waals surface area (Å²) in [6.07, 6.45) is 0. The third-order valence-corrected chi connectivity index (χ3v) is 3.79. The summed E-state index contributed by atoms with van der Waals surface area (Å²) >= 11 is 0. The van der Waals surface area contributed by atoms with Crippen molar-refractivity contribution in [3.63, 3.8) is 0 Å². The molecule has 0 spiro atoms. The van der Waals surface area contributed by atoms with E-state index in [0.717, 1.165) is 37.3 Å². The molecule has 0 radical (unpaired) electrons. The minimum absolute atomic E-state index is 0. The third-order valence-electron chi connectivity index (χ3n) is 3.79. The van der Waals surface area contributed by atoms with E-state index in [2.05, 4.69) is 31.0 Å². The largest absolute Gasteiger partial charge is 0.314 e. The Hall–Kier alpha value is -0.640. The number of nitrogens with one attached hydrogen (secondary N) is 1. The second-order valence-corrected chi connectivity index (χ2v) is 6.58. The summed E-state index contributed by atoms with van der Waals surface area (Å²) in [4.78, 5) is 2.41. The number of benzene rings is 1. The van der Waals surface area contributed by atoms with E-state index in [9.17, 15) is 4.39 Å². The van der Waals surface area contributed by atoms with Gasteiger partial charge in [0.05, 0.1) is 0 Å². The Morgan fingerprint density at radius 3 is 2.30 bits per heavy atom. The molecule has 0 saturated carbocycles. The van der Waals surface area contributed by atoms with Crippen LogP contribution >= 0.6 is 12.4 Å². The summed E-state index contributed by atoms with van der Waals surface area (Å²) in [7, 11) is 0. The first-order valence-corrected chi connectivity index (χ1v) is 7.10. The van der Waals surface area contributed by atoms with E-state index >= 15 is 0 Å². The van der Waals surface area contributed by atoms with Crippen LogP contribution in [0.4, 0.5) is 4.39 Å². The molecule has 114 valence electrons. The Kier molecular flexibility index (Phi) is 5.99. The SMILES string of the molecule is Cc1ccc([C@@H](N2CCNCC2)C(C)(C)C)c(F)c1.Cl. The third kappa shape index (κ3) is 3.94. The smallest absolute Gasteiger partial charge is 0.128 e. The number of piperazine rings is 1. The van der Waals surface area contributed by atoms with Crippen molar-refractivity contribution in [2.24, 2.45) is 5.41 Å². The highest BCUT2D eigenvalue weighted by Crippen LogP contribution is 2.39. The molecule has 0 amide bonds. The fourth-order valence-corrected chi connectivity index (χ4v) is 3.01. The monoisotopic (exact) mass is 300 g/mol. The highest BCUT2D eigenvalue weighted by atomic mass is 35.5. The molecule has 0 aliphatic carbocycles. The maximum Gasteiger partial charge on any atom is 0.128 e. The van der Waals surface area contributed by atoms with Crippen LogP contribution in [-0.2, 0) is 0 Å². The molecule has 2 nitrogen and oxygen atoms in total. The van der Waals surface area contributed by atoms with Gasteiger partial charge >= 0.3 is 0 Å². The van der Waals surface area contributed by atoms with Gasteiger partial charge in [-0.2, -0.15) is 0 Å². The van der Waals surface area contributed by atoms with Gasteiger partial charge < -0.3 is 5.32 Å². The Morgan fingerprint density at radius 1 is 1.20 bits per heavy atom. The van der Waals surface area contributed by atoms with Gasteiger partial charge in [0.2, 0.25) is 0 Å². The molecule has 1 aromatic carbocycles. The lowest BCUT2D eigenvalue weighted by atomic mass is 9.80. The molecular weight excluding hydrogens is 275 g/mol. The lowest BCUT2D eigenvalue weighted by Gasteiger charge is -2.42. The lowest BCUT2D eigenvalue weighted by Crippen LogP contribution is -2.48. The van der Waals surface area contributed by atoms with Crippen LogP contribution in [0.3, 0.4) is 0 Å². The van der Waals surface area contributed by atoms with Gasteiger partial charge in [-0.1, -0.05) is 32.9 Å². The average molecular weight is 301 g/mol. The molecule has 1 heterocycles. The summed E-state index contributed by atoms with van der Waals surface area (Å²) < 4.78 is 14.3. The van der Waals surface area contributed by atoms with Crippen LogP contribution in [0.25, 0.3) is 0 Å². The summed E-state index contributed by atoms with van der Waals surface area (Å²) in [6, 6.07) is 5.76. The van der Waals surface area contributed by atoms with E-state index in [-0.39, 0.29) is 29.7 Å². The van der Waals surface area contributed by atoms with Crippen LogP contribution in [0.2, 0.25) is 0 Å². The van der Waals surface area contributed by atoms with Gasteiger partial charge in [-0.15, -0.1) is 12.4 Å². The van der Waals surface area contributed by atoms with Crippen molar-refractivity contribution in [1.82, 2.24) is 10.2 Å². The zero-order valence-electron chi connectivity index (χ0n) is 12.9. The van der Waals surface area contributed by atoms with Crippen LogP contribution < -0.4 is 5.32 Å². The highest BCUT2D eigenvalue weighted by Gasteiger charge is 2.34. The molecule has 0 unspecified atom stereocenters. The van der Waals surface area contributed by atoms with E-state index in [0.29, 0.717) is 0 Å². The van der Waals surface area contributed by atoms with Crippen LogP contribution in [0.1, 0.15) is 37.9 Å². The number of nitrogens with zero attached hydrogens (tertiary/aromatic N) is 1. The summed E-state index contributed by atoms with van der Waals surface area (Å²) in [5.41, 5.74) is 1.84.